The molecule has 1 aromatic rings. The van der Waals surface area contributed by atoms with E-state index in [0.29, 0.717) is 11.6 Å². The number of phenols is 1. The molecule has 0 bridgehead atoms. The summed E-state index contributed by atoms with van der Waals surface area (Å²) in [6, 6.07) is 5.91. The van der Waals surface area contributed by atoms with Crippen molar-refractivity contribution in [1.82, 2.24) is 0 Å². The van der Waals surface area contributed by atoms with Gasteiger partial charge in [0.25, 0.3) is 0 Å². The lowest BCUT2D eigenvalue weighted by Gasteiger charge is -2.29. The number of carbonyl (C=O) groups excluding carboxylic acids is 1. The molecule has 19 heavy (non-hydrogen) atoms. The van der Waals surface area contributed by atoms with Gasteiger partial charge < -0.3 is 10.0 Å². The quantitative estimate of drug-likeness (QED) is 0.665. The normalized spacial score (nSPS) is 16.9. The molecule has 1 aliphatic rings. The Morgan fingerprint density at radius 2 is 1.84 bits per heavy atom. The minimum absolute atomic E-state index is 0.0884. The van der Waals surface area contributed by atoms with Gasteiger partial charge in [-0.15, -0.1) is 0 Å². The maximum atomic E-state index is 11.3. The second-order valence-electron chi connectivity index (χ2n) is 5.51. The summed E-state index contributed by atoms with van der Waals surface area (Å²) in [4.78, 5) is 13.6. The van der Waals surface area contributed by atoms with E-state index in [1.807, 2.05) is 6.07 Å². The van der Waals surface area contributed by atoms with E-state index in [2.05, 4.69) is 11.9 Å². The zero-order valence-electron chi connectivity index (χ0n) is 11.9. The highest BCUT2D eigenvalue weighted by molar-refractivity contribution is 5.97. The first kappa shape index (κ1) is 13.9. The van der Waals surface area contributed by atoms with Gasteiger partial charge in [0, 0.05) is 24.8 Å². The van der Waals surface area contributed by atoms with Crippen LogP contribution in [0.4, 0.5) is 5.69 Å². The van der Waals surface area contributed by atoms with Crippen LogP contribution >= 0.6 is 0 Å². The molecular formula is C16H23NO2. The average molecular weight is 261 g/mol. The molecule has 1 aliphatic carbocycles. The number of Topliss-reactive ketones (excluding diaryl/α,β-unsaturated/α-hetero) is 1. The molecule has 1 N–H and O–H groups in total. The van der Waals surface area contributed by atoms with Gasteiger partial charge >= 0.3 is 0 Å². The first-order valence-electron chi connectivity index (χ1n) is 7.16. The van der Waals surface area contributed by atoms with E-state index in [4.69, 9.17) is 0 Å². The Morgan fingerprint density at radius 3 is 2.37 bits per heavy atom. The topological polar surface area (TPSA) is 40.5 Å². The second kappa shape index (κ2) is 6.09. The summed E-state index contributed by atoms with van der Waals surface area (Å²) in [7, 11) is 2.08. The molecule has 2 rings (SSSR count). The molecule has 3 heteroatoms. The number of hydrogen-bond acceptors (Lipinski definition) is 3. The SMILES string of the molecule is CC(=O)c1ccc(N(C)C2CCCCCC2)cc1O. The summed E-state index contributed by atoms with van der Waals surface area (Å²) in [5.74, 6) is -0.00774. The summed E-state index contributed by atoms with van der Waals surface area (Å²) in [5, 5.41) is 9.92. The zero-order chi connectivity index (χ0) is 13.8. The number of carbonyl (C=O) groups is 1. The van der Waals surface area contributed by atoms with Crippen LogP contribution in [0.15, 0.2) is 18.2 Å². The van der Waals surface area contributed by atoms with Crippen molar-refractivity contribution >= 4 is 11.5 Å². The maximum Gasteiger partial charge on any atom is 0.163 e. The van der Waals surface area contributed by atoms with E-state index in [0.717, 1.165) is 5.69 Å². The van der Waals surface area contributed by atoms with E-state index in [9.17, 15) is 9.90 Å². The Kier molecular flexibility index (Phi) is 4.46. The number of anilines is 1. The van der Waals surface area contributed by atoms with Crippen molar-refractivity contribution in [3.05, 3.63) is 23.8 Å². The monoisotopic (exact) mass is 261 g/mol. The molecule has 0 unspecified atom stereocenters. The van der Waals surface area contributed by atoms with Gasteiger partial charge in [-0.25, -0.2) is 0 Å². The number of benzene rings is 1. The molecule has 104 valence electrons. The summed E-state index contributed by atoms with van der Waals surface area (Å²) in [6.07, 6.45) is 7.66. The molecule has 1 saturated carbocycles. The van der Waals surface area contributed by atoms with Crippen molar-refractivity contribution in [3.63, 3.8) is 0 Å². The van der Waals surface area contributed by atoms with Gasteiger partial charge in [-0.05, 0) is 31.9 Å². The van der Waals surface area contributed by atoms with Crippen LogP contribution in [0.5, 0.6) is 5.75 Å². The number of aromatic hydroxyl groups is 1. The van der Waals surface area contributed by atoms with Crippen LogP contribution in [0.2, 0.25) is 0 Å². The third-order valence-electron chi connectivity index (χ3n) is 4.14. The van der Waals surface area contributed by atoms with Gasteiger partial charge in [0.15, 0.2) is 5.78 Å². The molecule has 1 fully saturated rings. The predicted octanol–water partition coefficient (Wildman–Crippen LogP) is 3.75. The van der Waals surface area contributed by atoms with Gasteiger partial charge in [-0.1, -0.05) is 25.7 Å². The van der Waals surface area contributed by atoms with Crippen molar-refractivity contribution in [2.24, 2.45) is 0 Å². The molecule has 0 heterocycles. The van der Waals surface area contributed by atoms with E-state index in [1.165, 1.54) is 45.4 Å². The lowest BCUT2D eigenvalue weighted by molar-refractivity contribution is 0.101. The molecule has 0 aromatic heterocycles. The number of hydrogen-bond donors (Lipinski definition) is 1. The molecule has 0 saturated heterocycles. The minimum Gasteiger partial charge on any atom is -0.507 e. The summed E-state index contributed by atoms with van der Waals surface area (Å²) < 4.78 is 0. The van der Waals surface area contributed by atoms with Gasteiger partial charge in [0.1, 0.15) is 5.75 Å². The lowest BCUT2D eigenvalue weighted by Crippen LogP contribution is -2.31. The van der Waals surface area contributed by atoms with Crippen molar-refractivity contribution in [2.45, 2.75) is 51.5 Å². The lowest BCUT2D eigenvalue weighted by atomic mass is 10.1. The van der Waals surface area contributed by atoms with Crippen LogP contribution in [0, 0.1) is 0 Å². The van der Waals surface area contributed by atoms with E-state index in [-0.39, 0.29) is 11.5 Å². The van der Waals surface area contributed by atoms with Crippen molar-refractivity contribution < 1.29 is 9.90 Å². The second-order valence-corrected chi connectivity index (χ2v) is 5.51. The molecule has 0 radical (unpaired) electrons. The van der Waals surface area contributed by atoms with Crippen LogP contribution in [0.3, 0.4) is 0 Å². The van der Waals surface area contributed by atoms with Crippen LogP contribution in [0.1, 0.15) is 55.8 Å². The Morgan fingerprint density at radius 1 is 1.21 bits per heavy atom. The molecule has 3 nitrogen and oxygen atoms in total. The summed E-state index contributed by atoms with van der Waals surface area (Å²) in [6.45, 7) is 1.48. The Bertz CT molecular complexity index is 448. The van der Waals surface area contributed by atoms with Gasteiger partial charge in [0.2, 0.25) is 0 Å². The standard InChI is InChI=1S/C16H23NO2/c1-12(18)15-10-9-14(11-16(15)19)17(2)13-7-5-3-4-6-8-13/h9-11,13,19H,3-8H2,1-2H3. The smallest absolute Gasteiger partial charge is 0.163 e. The summed E-state index contributed by atoms with van der Waals surface area (Å²) in [5.41, 5.74) is 1.40. The van der Waals surface area contributed by atoms with Crippen LogP contribution in [0.25, 0.3) is 0 Å². The van der Waals surface area contributed by atoms with Gasteiger partial charge in [-0.3, -0.25) is 4.79 Å². The molecule has 0 amide bonds. The third kappa shape index (κ3) is 3.28. The van der Waals surface area contributed by atoms with Gasteiger partial charge in [0.05, 0.1) is 5.56 Å². The maximum absolute atomic E-state index is 11.3. The summed E-state index contributed by atoms with van der Waals surface area (Å²) >= 11 is 0. The number of nitrogens with zero attached hydrogens (tertiary/aromatic N) is 1. The first-order chi connectivity index (χ1) is 9.09. The minimum atomic E-state index is -0.0961. The third-order valence-corrected chi connectivity index (χ3v) is 4.14. The van der Waals surface area contributed by atoms with Crippen molar-refractivity contribution in [3.8, 4) is 5.75 Å². The highest BCUT2D eigenvalue weighted by Gasteiger charge is 2.18. The Labute approximate surface area is 115 Å². The first-order valence-corrected chi connectivity index (χ1v) is 7.16. The number of rotatable bonds is 3. The molecule has 0 aliphatic heterocycles. The Balaban J connectivity index is 2.16. The highest BCUT2D eigenvalue weighted by atomic mass is 16.3. The largest absolute Gasteiger partial charge is 0.507 e. The van der Waals surface area contributed by atoms with E-state index < -0.39 is 0 Å². The Hall–Kier alpha value is -1.51. The predicted molar refractivity (Wildman–Crippen MR) is 78.0 cm³/mol. The fraction of sp³-hybridized carbons (Fsp3) is 0.562. The zero-order valence-corrected chi connectivity index (χ0v) is 11.9. The molecule has 1 aromatic carbocycles. The molecular weight excluding hydrogens is 238 g/mol. The molecule has 0 spiro atoms. The number of phenolic OH excluding ortho intramolecular Hbond substituents is 1. The average Bonchev–Trinajstić information content (AvgIpc) is 2.66. The number of ketones is 1. The fourth-order valence-corrected chi connectivity index (χ4v) is 2.89. The van der Waals surface area contributed by atoms with E-state index >= 15 is 0 Å². The van der Waals surface area contributed by atoms with E-state index in [1.54, 1.807) is 12.1 Å². The highest BCUT2D eigenvalue weighted by Crippen LogP contribution is 2.29. The van der Waals surface area contributed by atoms with Crippen LogP contribution in [-0.4, -0.2) is 24.0 Å². The van der Waals surface area contributed by atoms with Crippen molar-refractivity contribution in [2.75, 3.05) is 11.9 Å². The molecule has 0 atom stereocenters. The fourth-order valence-electron chi connectivity index (χ4n) is 2.89. The van der Waals surface area contributed by atoms with Crippen LogP contribution < -0.4 is 4.90 Å². The van der Waals surface area contributed by atoms with Crippen LogP contribution in [-0.2, 0) is 0 Å². The van der Waals surface area contributed by atoms with Crippen molar-refractivity contribution in [1.29, 1.82) is 0 Å². The van der Waals surface area contributed by atoms with Gasteiger partial charge in [-0.2, -0.15) is 0 Å².